The largest absolute Gasteiger partial charge is 0.370 e. The maximum Gasteiger partial charge on any atom is 0.234 e. The van der Waals surface area contributed by atoms with Gasteiger partial charge in [-0.3, -0.25) is 9.59 Å². The first-order chi connectivity index (χ1) is 8.99. The van der Waals surface area contributed by atoms with Crippen LogP contribution < -0.4 is 11.1 Å². The molecule has 0 aromatic heterocycles. The van der Waals surface area contributed by atoms with Crippen molar-refractivity contribution >= 4 is 29.3 Å². The van der Waals surface area contributed by atoms with Crippen molar-refractivity contribution in [2.45, 2.75) is 26.7 Å². The van der Waals surface area contributed by atoms with Crippen molar-refractivity contribution in [1.29, 1.82) is 0 Å². The molecule has 0 heterocycles. The highest BCUT2D eigenvalue weighted by Crippen LogP contribution is 2.14. The second-order valence-corrected chi connectivity index (χ2v) is 5.57. The first-order valence-corrected chi connectivity index (χ1v) is 7.37. The van der Waals surface area contributed by atoms with Crippen LogP contribution in [-0.2, 0) is 9.59 Å². The van der Waals surface area contributed by atoms with Crippen LogP contribution in [0.5, 0.6) is 0 Å². The topological polar surface area (TPSA) is 72.2 Å². The van der Waals surface area contributed by atoms with Gasteiger partial charge in [-0.15, -0.1) is 0 Å². The Hall–Kier alpha value is -1.49. The van der Waals surface area contributed by atoms with Crippen LogP contribution in [0.2, 0.25) is 0 Å². The molecule has 0 aliphatic carbocycles. The van der Waals surface area contributed by atoms with Gasteiger partial charge in [0.25, 0.3) is 0 Å². The molecule has 1 rings (SSSR count). The number of carbonyl (C=O) groups is 2. The maximum absolute atomic E-state index is 11.7. The molecule has 0 aliphatic rings. The van der Waals surface area contributed by atoms with Gasteiger partial charge in [0.05, 0.1) is 5.75 Å². The Labute approximate surface area is 118 Å². The van der Waals surface area contributed by atoms with E-state index in [-0.39, 0.29) is 11.8 Å². The van der Waals surface area contributed by atoms with Crippen molar-refractivity contribution in [2.75, 3.05) is 16.8 Å². The Morgan fingerprint density at radius 3 is 2.63 bits per heavy atom. The summed E-state index contributed by atoms with van der Waals surface area (Å²) in [7, 11) is 0. The lowest BCUT2D eigenvalue weighted by atomic mass is 10.1. The summed E-state index contributed by atoms with van der Waals surface area (Å²) in [5, 5.41) is 2.86. The minimum Gasteiger partial charge on any atom is -0.370 e. The summed E-state index contributed by atoms with van der Waals surface area (Å²) in [6, 6.07) is 5.86. The van der Waals surface area contributed by atoms with E-state index in [1.807, 2.05) is 32.0 Å². The lowest BCUT2D eigenvalue weighted by molar-refractivity contribution is -0.118. The molecular formula is C14H20N2O2S. The van der Waals surface area contributed by atoms with Gasteiger partial charge in [-0.05, 0) is 49.3 Å². The fraction of sp³-hybridized carbons (Fsp3) is 0.429. The fourth-order valence-electron chi connectivity index (χ4n) is 1.53. The number of anilines is 1. The van der Waals surface area contributed by atoms with Gasteiger partial charge in [0.1, 0.15) is 0 Å². The first-order valence-electron chi connectivity index (χ1n) is 6.22. The summed E-state index contributed by atoms with van der Waals surface area (Å²) in [5.41, 5.74) is 8.23. The average Bonchev–Trinajstić information content (AvgIpc) is 2.33. The monoisotopic (exact) mass is 280 g/mol. The van der Waals surface area contributed by atoms with Crippen molar-refractivity contribution in [1.82, 2.24) is 0 Å². The zero-order valence-corrected chi connectivity index (χ0v) is 12.2. The van der Waals surface area contributed by atoms with Crippen LogP contribution >= 0.6 is 11.8 Å². The highest BCUT2D eigenvalue weighted by Gasteiger charge is 2.04. The van der Waals surface area contributed by atoms with Gasteiger partial charge in [0.2, 0.25) is 11.8 Å². The smallest absolute Gasteiger partial charge is 0.234 e. The zero-order chi connectivity index (χ0) is 14.3. The van der Waals surface area contributed by atoms with Crippen LogP contribution in [0.25, 0.3) is 0 Å². The molecule has 0 unspecified atom stereocenters. The number of aryl methyl sites for hydroxylation is 2. The number of amides is 2. The zero-order valence-electron chi connectivity index (χ0n) is 11.4. The van der Waals surface area contributed by atoms with Crippen molar-refractivity contribution < 1.29 is 9.59 Å². The molecule has 104 valence electrons. The van der Waals surface area contributed by atoms with Crippen molar-refractivity contribution in [3.05, 3.63) is 29.3 Å². The molecule has 0 saturated carbocycles. The molecule has 0 bridgehead atoms. The molecule has 1 aromatic carbocycles. The molecule has 2 amide bonds. The van der Waals surface area contributed by atoms with E-state index in [4.69, 9.17) is 5.73 Å². The van der Waals surface area contributed by atoms with Gasteiger partial charge in [-0.2, -0.15) is 11.8 Å². The van der Waals surface area contributed by atoms with Gasteiger partial charge in [0.15, 0.2) is 0 Å². The molecule has 0 spiro atoms. The molecule has 4 nitrogen and oxygen atoms in total. The fourth-order valence-corrected chi connectivity index (χ4v) is 2.28. The third-order valence-corrected chi connectivity index (χ3v) is 3.78. The number of thioether (sulfide) groups is 1. The van der Waals surface area contributed by atoms with Crippen LogP contribution in [0.4, 0.5) is 5.69 Å². The first kappa shape index (κ1) is 15.6. The summed E-state index contributed by atoms with van der Waals surface area (Å²) >= 11 is 1.51. The number of primary amides is 1. The van der Waals surface area contributed by atoms with E-state index in [0.717, 1.165) is 23.4 Å². The van der Waals surface area contributed by atoms with Gasteiger partial charge < -0.3 is 11.1 Å². The molecule has 0 atom stereocenters. The highest BCUT2D eigenvalue weighted by atomic mass is 32.2. The molecule has 3 N–H and O–H groups in total. The number of carbonyl (C=O) groups excluding carboxylic acids is 2. The Balaban J connectivity index is 2.27. The Morgan fingerprint density at radius 1 is 1.26 bits per heavy atom. The average molecular weight is 280 g/mol. The maximum atomic E-state index is 11.7. The van der Waals surface area contributed by atoms with Gasteiger partial charge in [-0.25, -0.2) is 0 Å². The number of hydrogen-bond acceptors (Lipinski definition) is 3. The minimum atomic E-state index is -0.291. The van der Waals surface area contributed by atoms with Crippen LogP contribution in [-0.4, -0.2) is 23.3 Å². The molecule has 0 radical (unpaired) electrons. The summed E-state index contributed by atoms with van der Waals surface area (Å²) in [5.74, 6) is 0.849. The normalized spacial score (nSPS) is 10.2. The number of hydrogen-bond donors (Lipinski definition) is 2. The molecule has 0 aliphatic heterocycles. The summed E-state index contributed by atoms with van der Waals surface area (Å²) in [6.45, 7) is 4.05. The third kappa shape index (κ3) is 6.29. The number of benzene rings is 1. The van der Waals surface area contributed by atoms with Crippen molar-refractivity contribution in [3.8, 4) is 0 Å². The lowest BCUT2D eigenvalue weighted by Crippen LogP contribution is -2.15. The number of rotatable bonds is 7. The lowest BCUT2D eigenvalue weighted by Gasteiger charge is -2.07. The van der Waals surface area contributed by atoms with Crippen LogP contribution in [0.3, 0.4) is 0 Å². The predicted octanol–water partition coefficient (Wildman–Crippen LogP) is 2.24. The van der Waals surface area contributed by atoms with Crippen molar-refractivity contribution in [3.63, 3.8) is 0 Å². The summed E-state index contributed by atoms with van der Waals surface area (Å²) in [6.07, 6.45) is 1.10. The molecular weight excluding hydrogens is 260 g/mol. The van der Waals surface area contributed by atoms with E-state index in [9.17, 15) is 9.59 Å². The number of nitrogens with one attached hydrogen (secondary N) is 1. The Kier molecular flexibility index (Phi) is 6.42. The van der Waals surface area contributed by atoms with E-state index in [2.05, 4.69) is 5.32 Å². The SMILES string of the molecule is Cc1ccc(NC(=O)CSCCCC(N)=O)cc1C. The number of nitrogens with two attached hydrogens (primary N) is 1. The quantitative estimate of drug-likeness (QED) is 0.752. The predicted molar refractivity (Wildman–Crippen MR) is 80.3 cm³/mol. The second kappa shape index (κ2) is 7.84. The summed E-state index contributed by atoms with van der Waals surface area (Å²) < 4.78 is 0. The molecule has 5 heteroatoms. The van der Waals surface area contributed by atoms with Gasteiger partial charge >= 0.3 is 0 Å². The molecule has 0 saturated heterocycles. The van der Waals surface area contributed by atoms with E-state index in [0.29, 0.717) is 12.2 Å². The minimum absolute atomic E-state index is 0.0210. The van der Waals surface area contributed by atoms with Gasteiger partial charge in [-0.1, -0.05) is 6.07 Å². The summed E-state index contributed by atoms with van der Waals surface area (Å²) in [4.78, 5) is 22.2. The second-order valence-electron chi connectivity index (χ2n) is 4.47. The van der Waals surface area contributed by atoms with Crippen LogP contribution in [0.1, 0.15) is 24.0 Å². The standard InChI is InChI=1S/C14H20N2O2S/c1-10-5-6-12(8-11(10)2)16-14(18)9-19-7-3-4-13(15)17/h5-6,8H,3-4,7,9H2,1-2H3,(H2,15,17)(H,16,18). The molecule has 19 heavy (non-hydrogen) atoms. The van der Waals surface area contributed by atoms with Crippen molar-refractivity contribution in [2.24, 2.45) is 5.73 Å². The Morgan fingerprint density at radius 2 is 2.00 bits per heavy atom. The van der Waals surface area contributed by atoms with E-state index >= 15 is 0 Å². The van der Waals surface area contributed by atoms with Gasteiger partial charge in [0, 0.05) is 12.1 Å². The molecule has 0 fully saturated rings. The third-order valence-electron chi connectivity index (χ3n) is 2.74. The van der Waals surface area contributed by atoms with Crippen LogP contribution in [0, 0.1) is 13.8 Å². The van der Waals surface area contributed by atoms with E-state index in [1.54, 1.807) is 0 Å². The highest BCUT2D eigenvalue weighted by molar-refractivity contribution is 7.99. The van der Waals surface area contributed by atoms with E-state index < -0.39 is 0 Å². The van der Waals surface area contributed by atoms with E-state index in [1.165, 1.54) is 17.3 Å². The van der Waals surface area contributed by atoms with Crippen LogP contribution in [0.15, 0.2) is 18.2 Å². The molecule has 1 aromatic rings. The Bertz CT molecular complexity index is 461.